The molecule has 122 valence electrons. The average molecular weight is 309 g/mol. The van der Waals surface area contributed by atoms with Crippen LogP contribution in [0.4, 0.5) is 0 Å². The van der Waals surface area contributed by atoms with Crippen LogP contribution in [0, 0.1) is 39.9 Å². The number of fused-ring (bicyclic) bond motifs is 5. The lowest BCUT2D eigenvalue weighted by atomic mass is 9.47. The number of hydrogen-bond donors (Lipinski definition) is 0. The highest BCUT2D eigenvalue weighted by molar-refractivity contribution is 5.91. The Labute approximate surface area is 139 Å². The van der Waals surface area contributed by atoms with Crippen LogP contribution in [0.2, 0.25) is 0 Å². The van der Waals surface area contributed by atoms with Gasteiger partial charge in [-0.2, -0.15) is 5.26 Å². The number of carbonyl (C=O) groups excluding carboxylic acids is 1. The number of hydrogen-bond acceptors (Lipinski definition) is 2. The molecule has 0 saturated heterocycles. The minimum atomic E-state index is 0.263. The number of carbonyl (C=O) groups is 1. The SMILES string of the molecule is CC12CCC(=O)C=C1CCC1[C@@H]2CCC2(C)/C(=C\C#N)CC[C@@H]12. The first-order valence-electron chi connectivity index (χ1n) is 9.32. The molecule has 0 aromatic carbocycles. The maximum Gasteiger partial charge on any atom is 0.155 e. The van der Waals surface area contributed by atoms with E-state index in [2.05, 4.69) is 19.9 Å². The van der Waals surface area contributed by atoms with Gasteiger partial charge in [0.2, 0.25) is 0 Å². The Hall–Kier alpha value is -1.36. The Balaban J connectivity index is 1.69. The number of ketones is 1. The number of rotatable bonds is 0. The molecule has 2 nitrogen and oxygen atoms in total. The van der Waals surface area contributed by atoms with Crippen molar-refractivity contribution in [2.45, 2.75) is 65.2 Å². The zero-order valence-electron chi connectivity index (χ0n) is 14.4. The molecular weight excluding hydrogens is 282 g/mol. The Morgan fingerprint density at radius 3 is 2.65 bits per heavy atom. The van der Waals surface area contributed by atoms with Crippen molar-refractivity contribution in [3.05, 3.63) is 23.3 Å². The van der Waals surface area contributed by atoms with Crippen LogP contribution in [0.5, 0.6) is 0 Å². The maximum atomic E-state index is 11.9. The normalized spacial score (nSPS) is 47.3. The van der Waals surface area contributed by atoms with E-state index in [4.69, 9.17) is 5.26 Å². The summed E-state index contributed by atoms with van der Waals surface area (Å²) in [7, 11) is 0. The van der Waals surface area contributed by atoms with Crippen LogP contribution in [0.15, 0.2) is 23.3 Å². The molecule has 3 fully saturated rings. The molecule has 0 aromatic heterocycles. The average Bonchev–Trinajstić information content (AvgIpc) is 2.85. The zero-order chi connectivity index (χ0) is 16.2. The third kappa shape index (κ3) is 2.02. The van der Waals surface area contributed by atoms with Gasteiger partial charge >= 0.3 is 0 Å². The largest absolute Gasteiger partial charge is 0.295 e. The van der Waals surface area contributed by atoms with Crippen molar-refractivity contribution in [3.8, 4) is 6.07 Å². The molecule has 4 rings (SSSR count). The summed E-state index contributed by atoms with van der Waals surface area (Å²) in [4.78, 5) is 11.9. The van der Waals surface area contributed by atoms with Crippen molar-refractivity contribution in [2.24, 2.45) is 28.6 Å². The van der Waals surface area contributed by atoms with E-state index in [0.29, 0.717) is 5.78 Å². The van der Waals surface area contributed by atoms with Crippen LogP contribution in [-0.2, 0) is 4.79 Å². The summed E-state index contributed by atoms with van der Waals surface area (Å²) in [6.07, 6.45) is 12.9. The van der Waals surface area contributed by atoms with Gasteiger partial charge in [0.05, 0.1) is 6.07 Å². The fourth-order valence-corrected chi connectivity index (χ4v) is 6.72. The second-order valence-electron chi connectivity index (χ2n) is 8.76. The van der Waals surface area contributed by atoms with Crippen LogP contribution in [0.25, 0.3) is 0 Å². The highest BCUT2D eigenvalue weighted by Crippen LogP contribution is 2.66. The molecule has 0 heterocycles. The summed E-state index contributed by atoms with van der Waals surface area (Å²) >= 11 is 0. The van der Waals surface area contributed by atoms with Gasteiger partial charge in [0.15, 0.2) is 5.78 Å². The molecule has 3 saturated carbocycles. The van der Waals surface area contributed by atoms with Crippen LogP contribution >= 0.6 is 0 Å². The highest BCUT2D eigenvalue weighted by atomic mass is 16.1. The lowest BCUT2D eigenvalue weighted by molar-refractivity contribution is -0.117. The summed E-state index contributed by atoms with van der Waals surface area (Å²) in [6.45, 7) is 4.86. The second-order valence-corrected chi connectivity index (χ2v) is 8.76. The van der Waals surface area contributed by atoms with Crippen molar-refractivity contribution in [1.29, 1.82) is 5.26 Å². The fraction of sp³-hybridized carbons (Fsp3) is 0.714. The topological polar surface area (TPSA) is 40.9 Å². The van der Waals surface area contributed by atoms with Gasteiger partial charge in [-0.3, -0.25) is 4.79 Å². The summed E-state index contributed by atoms with van der Waals surface area (Å²) < 4.78 is 0. The molecule has 4 aliphatic rings. The van der Waals surface area contributed by atoms with E-state index in [9.17, 15) is 4.79 Å². The van der Waals surface area contributed by atoms with Gasteiger partial charge in [0.1, 0.15) is 0 Å². The van der Waals surface area contributed by atoms with Gasteiger partial charge in [-0.15, -0.1) is 0 Å². The lowest BCUT2D eigenvalue weighted by Gasteiger charge is -2.57. The molecule has 23 heavy (non-hydrogen) atoms. The molecule has 0 aromatic rings. The lowest BCUT2D eigenvalue weighted by Crippen LogP contribution is -2.49. The fourth-order valence-electron chi connectivity index (χ4n) is 6.72. The first kappa shape index (κ1) is 15.2. The van der Waals surface area contributed by atoms with E-state index >= 15 is 0 Å². The van der Waals surface area contributed by atoms with E-state index in [1.165, 1.54) is 36.8 Å². The highest BCUT2D eigenvalue weighted by Gasteiger charge is 2.57. The minimum absolute atomic E-state index is 0.263. The van der Waals surface area contributed by atoms with Gasteiger partial charge in [-0.1, -0.05) is 25.0 Å². The van der Waals surface area contributed by atoms with Crippen molar-refractivity contribution in [3.63, 3.8) is 0 Å². The van der Waals surface area contributed by atoms with Gasteiger partial charge in [-0.05, 0) is 79.6 Å². The third-order valence-electron chi connectivity index (χ3n) is 8.05. The molecule has 0 aliphatic heterocycles. The van der Waals surface area contributed by atoms with Crippen LogP contribution in [0.1, 0.15) is 65.2 Å². The third-order valence-corrected chi connectivity index (χ3v) is 8.05. The minimum Gasteiger partial charge on any atom is -0.295 e. The van der Waals surface area contributed by atoms with Gasteiger partial charge in [-0.25, -0.2) is 0 Å². The Bertz CT molecular complexity index is 651. The second kappa shape index (κ2) is 5.07. The Kier molecular flexibility index (Phi) is 3.34. The Morgan fingerprint density at radius 2 is 1.87 bits per heavy atom. The summed E-state index contributed by atoms with van der Waals surface area (Å²) in [5.74, 6) is 2.62. The first-order chi connectivity index (χ1) is 11.0. The molecule has 0 spiro atoms. The zero-order valence-corrected chi connectivity index (χ0v) is 14.4. The van der Waals surface area contributed by atoms with Gasteiger partial charge in [0.25, 0.3) is 0 Å². The summed E-state index contributed by atoms with van der Waals surface area (Å²) in [5.41, 5.74) is 3.39. The molecule has 0 radical (unpaired) electrons. The van der Waals surface area contributed by atoms with E-state index in [1.807, 2.05) is 12.2 Å². The monoisotopic (exact) mass is 309 g/mol. The standard InChI is InChI=1S/C21H27NO/c1-20-11-8-19-17(18(20)6-4-14(20)9-12-22)5-3-15-13-16(23)7-10-21(15,19)2/h9,13,17-19H,3-8,10-11H2,1-2H3/b14-9-/t17?,18-,19-,20?,21?/m0/s1. The molecule has 4 aliphatic carbocycles. The number of allylic oxidation sites excluding steroid dienone is 3. The van der Waals surface area contributed by atoms with Crippen molar-refractivity contribution in [1.82, 2.24) is 0 Å². The molecule has 0 bridgehead atoms. The van der Waals surface area contributed by atoms with Crippen LogP contribution in [-0.4, -0.2) is 5.78 Å². The predicted octanol–water partition coefficient (Wildman–Crippen LogP) is 4.97. The smallest absolute Gasteiger partial charge is 0.155 e. The molecule has 3 unspecified atom stereocenters. The van der Waals surface area contributed by atoms with Gasteiger partial charge in [0, 0.05) is 12.5 Å². The summed E-state index contributed by atoms with van der Waals surface area (Å²) in [5, 5.41) is 9.12. The molecule has 2 heteroatoms. The van der Waals surface area contributed by atoms with Crippen LogP contribution < -0.4 is 0 Å². The Morgan fingerprint density at radius 1 is 1.09 bits per heavy atom. The number of nitrogens with zero attached hydrogens (tertiary/aromatic N) is 1. The van der Waals surface area contributed by atoms with E-state index in [1.54, 1.807) is 0 Å². The predicted molar refractivity (Wildman–Crippen MR) is 90.4 cm³/mol. The van der Waals surface area contributed by atoms with Crippen molar-refractivity contribution >= 4 is 5.78 Å². The molecular formula is C21H27NO. The quantitative estimate of drug-likeness (QED) is 0.593. The van der Waals surface area contributed by atoms with E-state index < -0.39 is 0 Å². The molecule has 0 amide bonds. The van der Waals surface area contributed by atoms with Crippen molar-refractivity contribution < 1.29 is 4.79 Å². The molecule has 5 atom stereocenters. The van der Waals surface area contributed by atoms with Crippen LogP contribution in [0.3, 0.4) is 0 Å². The van der Waals surface area contributed by atoms with Gasteiger partial charge < -0.3 is 0 Å². The molecule has 0 N–H and O–H groups in total. The number of nitriles is 1. The maximum absolute atomic E-state index is 11.9. The van der Waals surface area contributed by atoms with E-state index in [0.717, 1.165) is 43.4 Å². The van der Waals surface area contributed by atoms with E-state index in [-0.39, 0.29) is 10.8 Å². The van der Waals surface area contributed by atoms with Crippen molar-refractivity contribution in [2.75, 3.05) is 0 Å². The first-order valence-corrected chi connectivity index (χ1v) is 9.32. The summed E-state index contributed by atoms with van der Waals surface area (Å²) in [6, 6.07) is 2.29.